The zero-order valence-corrected chi connectivity index (χ0v) is 83.0. The number of hydrogen-bond acceptors (Lipinski definition) is 14. The number of benzene rings is 24. The predicted octanol–water partition coefficient (Wildman–Crippen LogP) is 26.8. The Labute approximate surface area is 876 Å². The van der Waals surface area contributed by atoms with Crippen LogP contribution in [0.4, 0.5) is 0 Å². The first-order chi connectivity index (χ1) is 69.6. The van der Waals surface area contributed by atoms with Crippen molar-refractivity contribution in [2.24, 2.45) is 0 Å². The number of para-hydroxylation sites is 1. The monoisotopic (exact) mass is 1970 g/mol. The van der Waals surface area contributed by atoms with E-state index in [4.69, 9.17) is 50.6 Å². The Morgan fingerprint density at radius 1 is 0.347 bits per heavy atom. The maximum Gasteiger partial charge on any atom is 1.00 e. The van der Waals surface area contributed by atoms with Crippen molar-refractivity contribution in [2.45, 2.75) is 34.1 Å². The van der Waals surface area contributed by atoms with E-state index in [1.54, 1.807) is 72.8 Å². The minimum atomic E-state index is -1.07. The number of aldehydes is 1. The number of ether oxygens (including phenoxy) is 3. The fourth-order valence-corrected chi connectivity index (χ4v) is 18.8. The Kier molecular flexibility index (Phi) is 35.5. The summed E-state index contributed by atoms with van der Waals surface area (Å²) in [7, 11) is 2.68. The van der Waals surface area contributed by atoms with E-state index in [9.17, 15) is 43.8 Å². The molecule has 26 rings (SSSR count). The molecule has 19 nitrogen and oxygen atoms in total. The molecule has 1 saturated heterocycles. The van der Waals surface area contributed by atoms with Gasteiger partial charge in [0.15, 0.2) is 0 Å². The number of carbonyl (C=O) groups excluding carboxylic acids is 3. The van der Waals surface area contributed by atoms with E-state index in [-0.39, 0.29) is 65.5 Å². The van der Waals surface area contributed by atoms with Crippen LogP contribution in [-0.2, 0) is 23.8 Å². The summed E-state index contributed by atoms with van der Waals surface area (Å²) < 4.78 is 17.0. The van der Waals surface area contributed by atoms with Gasteiger partial charge in [0.25, 0.3) is 11.9 Å². The van der Waals surface area contributed by atoms with Gasteiger partial charge < -0.3 is 42.2 Å². The zero-order chi connectivity index (χ0) is 99.9. The van der Waals surface area contributed by atoms with E-state index < -0.39 is 46.7 Å². The Balaban J connectivity index is 0.000000166. The van der Waals surface area contributed by atoms with Gasteiger partial charge in [0.05, 0.1) is 47.5 Å². The largest absolute Gasteiger partial charge is 1.00 e. The molecule has 1 fully saturated rings. The minimum absolute atomic E-state index is 0. The second-order valence-electron chi connectivity index (χ2n) is 33.8. The van der Waals surface area contributed by atoms with Gasteiger partial charge in [0.1, 0.15) is 12.1 Å². The second kappa shape index (κ2) is 48.7. The molecular formula is C125H101BClN3NaO16. The molecule has 25 aromatic rings. The van der Waals surface area contributed by atoms with Crippen LogP contribution >= 0.6 is 11.6 Å². The van der Waals surface area contributed by atoms with Gasteiger partial charge in [-0.15, -0.1) is 0 Å². The van der Waals surface area contributed by atoms with E-state index in [1.807, 2.05) is 133 Å². The molecular weight excluding hydrogens is 1870 g/mol. The quantitative estimate of drug-likeness (QED) is 0.0325. The van der Waals surface area contributed by atoms with Crippen LogP contribution < -0.4 is 46.6 Å². The third-order valence-corrected chi connectivity index (χ3v) is 25.0. The number of hydrogen-bond donors (Lipinski definition) is 5. The molecule has 0 spiro atoms. The minimum Gasteiger partial charge on any atom is -1.00 e. The molecule has 147 heavy (non-hydrogen) atoms. The third kappa shape index (κ3) is 23.0. The number of methoxy groups -OCH3 is 2. The first kappa shape index (κ1) is 107. The summed E-state index contributed by atoms with van der Waals surface area (Å²) in [6.45, 7) is 4.17. The van der Waals surface area contributed by atoms with Crippen molar-refractivity contribution in [3.05, 3.63) is 454 Å². The number of carboxylic acid groups (broad SMARTS) is 4. The molecule has 0 aliphatic carbocycles. The fraction of sp³-hybridized carbons (Fsp3) is 0.0720. The van der Waals surface area contributed by atoms with Crippen LogP contribution in [0, 0.1) is 0 Å². The van der Waals surface area contributed by atoms with Crippen LogP contribution in [0.25, 0.3) is 190 Å². The van der Waals surface area contributed by atoms with Crippen LogP contribution in [0.3, 0.4) is 0 Å². The van der Waals surface area contributed by atoms with Crippen LogP contribution in [0.1, 0.15) is 88.8 Å². The van der Waals surface area contributed by atoms with E-state index in [1.165, 1.54) is 120 Å². The third-order valence-electron chi connectivity index (χ3n) is 24.8. The first-order valence-electron chi connectivity index (χ1n) is 46.0. The number of carboxylic acids is 4. The molecule has 723 valence electrons. The number of aromatic nitrogens is 2. The number of carbonyl (C=O) groups is 7. The molecule has 1 aromatic heterocycles. The average Bonchev–Trinajstić information content (AvgIpc) is 1.57. The molecule has 3 radical (unpaired) electrons. The van der Waals surface area contributed by atoms with Crippen molar-refractivity contribution in [1.29, 1.82) is 0 Å². The summed E-state index contributed by atoms with van der Waals surface area (Å²) in [4.78, 5) is 105. The first-order valence-corrected chi connectivity index (χ1v) is 46.4. The van der Waals surface area contributed by atoms with Crippen LogP contribution in [0.5, 0.6) is 0 Å². The van der Waals surface area contributed by atoms with E-state index >= 15 is 0 Å². The van der Waals surface area contributed by atoms with Crippen LogP contribution in [-0.4, -0.2) is 108 Å². The molecule has 7 N–H and O–H groups in total. The van der Waals surface area contributed by atoms with Gasteiger partial charge >= 0.3 is 53.4 Å². The van der Waals surface area contributed by atoms with Gasteiger partial charge in [0.2, 0.25) is 10.9 Å². The molecule has 1 aliphatic rings. The summed E-state index contributed by atoms with van der Waals surface area (Å²) in [5.74, 6) is -3.70. The summed E-state index contributed by atoms with van der Waals surface area (Å²) >= 11 is 5.54. The van der Waals surface area contributed by atoms with Crippen LogP contribution in [0.15, 0.2) is 410 Å². The Bertz CT molecular complexity index is 8880. The van der Waals surface area contributed by atoms with Gasteiger partial charge in [0, 0.05) is 113 Å². The second-order valence-corrected chi connectivity index (χ2v) is 34.2. The van der Waals surface area contributed by atoms with Crippen LogP contribution in [0.2, 0.25) is 5.02 Å². The van der Waals surface area contributed by atoms with Crippen molar-refractivity contribution < 1.29 is 101 Å². The Hall–Kier alpha value is -17.2. The smallest absolute Gasteiger partial charge is 1.00 e. The Morgan fingerprint density at radius 2 is 0.626 bits per heavy atom. The molecule has 22 heteroatoms. The topological polar surface area (TPSA) is 315 Å². The maximum atomic E-state index is 12.1. The summed E-state index contributed by atoms with van der Waals surface area (Å²) in [6, 6.07) is 132. The molecule has 0 bridgehead atoms. The standard InChI is InChI=1S/C33H20N2.C18H14O4.C16H10O4.C16H8O2.C16H10.C11H8O.C6H5Cl.C4H8O.2C2H4O2.CH4.B.H3N.Na.H2.H/c1-2-12-26(13-3-1)35-32-28-15-7-11-23-18-17-22-10-6-14-27(29(22)30(23)28)31(32)34-33(35)25-19-16-21-8-4-5-9-24(21)20-25;1-21-17(19)13-7-3-5-11-9-10-12-6-4-8-14(18(20)22-2)16(12)15(11)13;17-15(18)11-5-1-3-9-7-8-10-4-2-6-12(16(19)20)14(10)13(9)11;17-15-11-5-1-3-9-7-8-10-4-2-6-12(16(15)18)14(10)13(9)11;1-3-11-7-9-13-5-2-6-14-10-8-12(4-1)15(11)16(13)14;12-8-9-5-6-10-3-1-2-4-11(10)7-9;7-6-4-2-1-3-5-6;1-2-4-5-3-1;2*1-2(3)4;;;;;;/h1-20H;3-10H,1-2H3;1-8H,(H,17,18)(H,19,20);1-8H;1-10H;1-8H;1-5H;1-4H2;2*1H3,(H,3,4);1H4;;1H3;;1H;/q;;;;;;;;;;;;;+1;;-1/i;;;;;;;;;;;;;;1+1;. The van der Waals surface area contributed by atoms with Crippen molar-refractivity contribution in [2.75, 3.05) is 27.4 Å². The molecule has 0 saturated carbocycles. The number of nitrogens with zero attached hydrogens (tertiary/aromatic N) is 2. The van der Waals surface area contributed by atoms with Gasteiger partial charge in [-0.3, -0.25) is 28.5 Å². The number of aromatic carboxylic acids is 2. The predicted molar refractivity (Wildman–Crippen MR) is 599 cm³/mol. The molecule has 2 heterocycles. The van der Waals surface area contributed by atoms with Crippen molar-refractivity contribution in [3.63, 3.8) is 0 Å². The van der Waals surface area contributed by atoms with Crippen molar-refractivity contribution in [1.82, 2.24) is 15.7 Å². The SMILES string of the molecule is C.C1CCOC1.CC(=O)O.CC(=O)O.COC(=O)c1cccc2ccc3cccc(C(=O)OC)c3c12.Clc1ccccc1.N.O=C(O)c1cccc2ccc3cccc(C(=O)O)c3c12.O=Cc1ccc2ccccc2c1.O=c1c(=O)c2cccc3ccc4cccc1c4c32.[2HH].[B].[H-].[Na+].c1cc2ccc3cccc4ccc(c1)c2c34.c1ccc(-n2c(-c3ccc4ccccc4c3)nc3c4cccc5ccc6cccc(c6c54)c32)cc1. The van der Waals surface area contributed by atoms with Gasteiger partial charge in [-0.1, -0.05) is 359 Å². The van der Waals surface area contributed by atoms with E-state index in [0.717, 1.165) is 110 Å². The number of fused-ring (bicyclic) bond motifs is 11. The Morgan fingerprint density at radius 3 is 0.973 bits per heavy atom. The summed E-state index contributed by atoms with van der Waals surface area (Å²) in [5, 5.41) is 65.1. The van der Waals surface area contributed by atoms with Crippen molar-refractivity contribution >= 4 is 235 Å². The van der Waals surface area contributed by atoms with E-state index in [0.29, 0.717) is 54.2 Å². The molecule has 0 atom stereocenters. The molecule has 0 unspecified atom stereocenters. The summed E-state index contributed by atoms with van der Waals surface area (Å²) in [5.41, 5.74) is 5.48. The van der Waals surface area contributed by atoms with E-state index in [2.05, 4.69) is 187 Å². The summed E-state index contributed by atoms with van der Waals surface area (Å²) in [6.07, 6.45) is 3.42. The maximum absolute atomic E-state index is 12.1. The number of rotatable bonds is 7. The number of aliphatic carboxylic acids is 2. The van der Waals surface area contributed by atoms with Gasteiger partial charge in [-0.25, -0.2) is 24.2 Å². The number of esters is 2. The molecule has 0 amide bonds. The average molecular weight is 1970 g/mol. The van der Waals surface area contributed by atoms with Crippen molar-refractivity contribution in [3.8, 4) is 17.1 Å². The normalized spacial score (nSPS) is 11.0. The van der Waals surface area contributed by atoms with Gasteiger partial charge in [-0.2, -0.15) is 0 Å². The zero-order valence-electron chi connectivity index (χ0n) is 81.3. The number of halogens is 1. The fourth-order valence-electron chi connectivity index (χ4n) is 18.6. The molecule has 1 aliphatic heterocycles. The van der Waals surface area contributed by atoms with Gasteiger partial charge in [-0.05, 0) is 181 Å². The molecule has 24 aromatic carbocycles. The number of imidazole rings is 1.